The molecule has 3 aromatic rings. The fourth-order valence-corrected chi connectivity index (χ4v) is 4.34. The fourth-order valence-electron chi connectivity index (χ4n) is 4.34. The zero-order chi connectivity index (χ0) is 26.4. The van der Waals surface area contributed by atoms with Crippen molar-refractivity contribution in [3.63, 3.8) is 0 Å². The van der Waals surface area contributed by atoms with Gasteiger partial charge < -0.3 is 10.1 Å². The van der Waals surface area contributed by atoms with Crippen LogP contribution in [0.1, 0.15) is 57.2 Å². The standard InChI is InChI=1S/C26H27F3N4O3/c1-6-20(34)31-23-22-13(3)15(8-9-18(22)30-24(33-23)32-21(35)7-2)16-10-14(26(27,28)29)11-19-17(16)12-25(4,5)36-19/h8-11H,6-7,12H2,1-5H3,(H2,30,31,32,33,34,35). The molecule has 0 radical (unpaired) electrons. The van der Waals surface area contributed by atoms with E-state index in [1.807, 2.05) is 13.8 Å². The SMILES string of the molecule is CCC(=O)Nc1nc(NC(=O)CC)c2c(C)c(-c3cc(C(F)(F)F)cc4c3CC(C)(C)O4)ccc2n1. The van der Waals surface area contributed by atoms with Crippen LogP contribution in [-0.4, -0.2) is 27.4 Å². The lowest BCUT2D eigenvalue weighted by Crippen LogP contribution is -2.24. The van der Waals surface area contributed by atoms with E-state index < -0.39 is 17.3 Å². The first kappa shape index (κ1) is 25.4. The Morgan fingerprint density at radius 2 is 1.69 bits per heavy atom. The summed E-state index contributed by atoms with van der Waals surface area (Å²) >= 11 is 0. The maximum Gasteiger partial charge on any atom is 0.416 e. The summed E-state index contributed by atoms with van der Waals surface area (Å²) in [4.78, 5) is 32.9. The van der Waals surface area contributed by atoms with Crippen LogP contribution in [0.15, 0.2) is 24.3 Å². The number of carbonyl (C=O) groups excluding carboxylic acids is 2. The van der Waals surface area contributed by atoms with Gasteiger partial charge in [0.05, 0.1) is 11.1 Å². The second-order valence-corrected chi connectivity index (χ2v) is 9.37. The molecule has 0 spiro atoms. The largest absolute Gasteiger partial charge is 0.487 e. The number of alkyl halides is 3. The van der Waals surface area contributed by atoms with Crippen molar-refractivity contribution in [1.82, 2.24) is 9.97 Å². The zero-order valence-corrected chi connectivity index (χ0v) is 20.7. The van der Waals surface area contributed by atoms with Crippen molar-refractivity contribution in [3.8, 4) is 16.9 Å². The minimum Gasteiger partial charge on any atom is -0.487 e. The van der Waals surface area contributed by atoms with Crippen LogP contribution in [0.25, 0.3) is 22.0 Å². The average Bonchev–Trinajstić information content (AvgIpc) is 3.11. The van der Waals surface area contributed by atoms with Gasteiger partial charge in [0, 0.05) is 30.2 Å². The summed E-state index contributed by atoms with van der Waals surface area (Å²) < 4.78 is 47.1. The lowest BCUT2D eigenvalue weighted by Gasteiger charge is -2.17. The molecule has 10 heteroatoms. The van der Waals surface area contributed by atoms with Gasteiger partial charge in [-0.15, -0.1) is 0 Å². The summed E-state index contributed by atoms with van der Waals surface area (Å²) in [6.45, 7) is 8.78. The van der Waals surface area contributed by atoms with Crippen LogP contribution in [0.2, 0.25) is 0 Å². The Morgan fingerprint density at radius 3 is 2.33 bits per heavy atom. The molecule has 2 N–H and O–H groups in total. The summed E-state index contributed by atoms with van der Waals surface area (Å²) in [5.74, 6) is -0.182. The molecule has 2 heterocycles. The average molecular weight is 501 g/mol. The number of fused-ring (bicyclic) bond motifs is 2. The lowest BCUT2D eigenvalue weighted by atomic mass is 9.89. The van der Waals surface area contributed by atoms with Gasteiger partial charge in [0.2, 0.25) is 17.8 Å². The first-order valence-electron chi connectivity index (χ1n) is 11.7. The molecule has 4 rings (SSSR count). The lowest BCUT2D eigenvalue weighted by molar-refractivity contribution is -0.137. The summed E-state index contributed by atoms with van der Waals surface area (Å²) in [6.07, 6.45) is -3.71. The van der Waals surface area contributed by atoms with E-state index in [-0.39, 0.29) is 42.2 Å². The van der Waals surface area contributed by atoms with E-state index in [0.29, 0.717) is 39.6 Å². The first-order valence-corrected chi connectivity index (χ1v) is 11.7. The van der Waals surface area contributed by atoms with Crippen LogP contribution in [-0.2, 0) is 22.2 Å². The molecule has 1 aromatic heterocycles. The van der Waals surface area contributed by atoms with E-state index in [0.717, 1.165) is 12.1 Å². The van der Waals surface area contributed by atoms with E-state index in [1.165, 1.54) is 0 Å². The van der Waals surface area contributed by atoms with Gasteiger partial charge in [0.15, 0.2) is 0 Å². The van der Waals surface area contributed by atoms with E-state index in [2.05, 4.69) is 20.6 Å². The van der Waals surface area contributed by atoms with Gasteiger partial charge >= 0.3 is 6.18 Å². The number of rotatable bonds is 5. The third-order valence-electron chi connectivity index (χ3n) is 6.09. The monoisotopic (exact) mass is 500 g/mol. The number of aryl methyl sites for hydroxylation is 1. The van der Waals surface area contributed by atoms with Crippen LogP contribution < -0.4 is 15.4 Å². The van der Waals surface area contributed by atoms with Crippen LogP contribution in [0.4, 0.5) is 24.9 Å². The van der Waals surface area contributed by atoms with Crippen molar-refractivity contribution in [2.45, 2.75) is 65.7 Å². The number of hydrogen-bond acceptors (Lipinski definition) is 5. The number of aromatic nitrogens is 2. The number of benzene rings is 2. The number of nitrogens with one attached hydrogen (secondary N) is 2. The third-order valence-corrected chi connectivity index (χ3v) is 6.09. The molecule has 1 aliphatic heterocycles. The van der Waals surface area contributed by atoms with Gasteiger partial charge in [-0.2, -0.15) is 18.2 Å². The van der Waals surface area contributed by atoms with E-state index >= 15 is 0 Å². The van der Waals surface area contributed by atoms with Gasteiger partial charge in [-0.1, -0.05) is 19.9 Å². The van der Waals surface area contributed by atoms with Crippen LogP contribution >= 0.6 is 0 Å². The summed E-state index contributed by atoms with van der Waals surface area (Å²) in [5, 5.41) is 5.81. The third kappa shape index (κ3) is 4.84. The molecular weight excluding hydrogens is 473 g/mol. The summed E-state index contributed by atoms with van der Waals surface area (Å²) in [6, 6.07) is 5.53. The number of halogens is 3. The normalized spacial score (nSPS) is 14.3. The molecule has 0 atom stereocenters. The molecule has 0 unspecified atom stereocenters. The Hall–Kier alpha value is -3.69. The van der Waals surface area contributed by atoms with Crippen molar-refractivity contribution in [3.05, 3.63) is 41.0 Å². The van der Waals surface area contributed by atoms with Crippen molar-refractivity contribution in [1.29, 1.82) is 0 Å². The molecule has 0 fully saturated rings. The Balaban J connectivity index is 1.97. The number of ether oxygens (including phenoxy) is 1. The van der Waals surface area contributed by atoms with Crippen molar-refractivity contribution in [2.75, 3.05) is 10.6 Å². The first-order chi connectivity index (χ1) is 16.8. The molecule has 0 saturated heterocycles. The smallest absolute Gasteiger partial charge is 0.416 e. The van der Waals surface area contributed by atoms with Crippen LogP contribution in [0.3, 0.4) is 0 Å². The Morgan fingerprint density at radius 1 is 1.03 bits per heavy atom. The fraction of sp³-hybridized carbons (Fsp3) is 0.385. The molecule has 36 heavy (non-hydrogen) atoms. The predicted octanol–water partition coefficient (Wildman–Crippen LogP) is 6.03. The van der Waals surface area contributed by atoms with Gasteiger partial charge in [-0.05, 0) is 55.7 Å². The molecule has 2 amide bonds. The maximum atomic E-state index is 13.8. The minimum absolute atomic E-state index is 0.0306. The molecule has 0 bridgehead atoms. The number of amides is 2. The van der Waals surface area contributed by atoms with Crippen molar-refractivity contribution < 1.29 is 27.5 Å². The van der Waals surface area contributed by atoms with E-state index in [4.69, 9.17) is 4.74 Å². The molecular formula is C26H27F3N4O3. The van der Waals surface area contributed by atoms with Gasteiger partial charge in [0.1, 0.15) is 17.2 Å². The number of nitrogens with zero attached hydrogens (tertiary/aromatic N) is 2. The van der Waals surface area contributed by atoms with Crippen molar-refractivity contribution >= 4 is 34.5 Å². The Kier molecular flexibility index (Phi) is 6.40. The number of hydrogen-bond donors (Lipinski definition) is 2. The van der Waals surface area contributed by atoms with Gasteiger partial charge in [-0.25, -0.2) is 4.98 Å². The Bertz CT molecular complexity index is 1380. The van der Waals surface area contributed by atoms with Crippen LogP contribution in [0.5, 0.6) is 5.75 Å². The zero-order valence-electron chi connectivity index (χ0n) is 20.7. The quantitative estimate of drug-likeness (QED) is 0.446. The highest BCUT2D eigenvalue weighted by Gasteiger charge is 2.38. The maximum absolute atomic E-state index is 13.8. The number of carbonyl (C=O) groups is 2. The summed E-state index contributed by atoms with van der Waals surface area (Å²) in [7, 11) is 0. The van der Waals surface area contributed by atoms with E-state index in [1.54, 1.807) is 32.9 Å². The van der Waals surface area contributed by atoms with Crippen LogP contribution in [0, 0.1) is 6.92 Å². The highest BCUT2D eigenvalue weighted by molar-refractivity contribution is 6.04. The number of anilines is 2. The van der Waals surface area contributed by atoms with Gasteiger partial charge in [0.25, 0.3) is 0 Å². The molecule has 0 aliphatic carbocycles. The highest BCUT2D eigenvalue weighted by atomic mass is 19.4. The predicted molar refractivity (Wildman–Crippen MR) is 131 cm³/mol. The molecule has 7 nitrogen and oxygen atoms in total. The van der Waals surface area contributed by atoms with Crippen molar-refractivity contribution in [2.24, 2.45) is 0 Å². The second kappa shape index (κ2) is 9.07. The molecule has 1 aliphatic rings. The molecule has 2 aromatic carbocycles. The van der Waals surface area contributed by atoms with E-state index in [9.17, 15) is 22.8 Å². The minimum atomic E-state index is -4.56. The summed E-state index contributed by atoms with van der Waals surface area (Å²) in [5.41, 5.74) is 1.21. The molecule has 0 saturated carbocycles. The topological polar surface area (TPSA) is 93.2 Å². The highest BCUT2D eigenvalue weighted by Crippen LogP contribution is 2.46. The Labute approximate surface area is 206 Å². The second-order valence-electron chi connectivity index (χ2n) is 9.37. The molecule has 190 valence electrons. The van der Waals surface area contributed by atoms with Gasteiger partial charge in [-0.3, -0.25) is 14.9 Å².